The summed E-state index contributed by atoms with van der Waals surface area (Å²) < 4.78 is 2.15. The molecule has 0 atom stereocenters. The molecule has 0 bridgehead atoms. The molecule has 0 aliphatic heterocycles. The van der Waals surface area contributed by atoms with Gasteiger partial charge >= 0.3 is 0 Å². The molecular weight excluding hydrogens is 226 g/mol. The van der Waals surface area contributed by atoms with Crippen LogP contribution in [-0.4, -0.2) is 19.6 Å². The first-order valence-corrected chi connectivity index (χ1v) is 6.87. The first kappa shape index (κ1) is 11.5. The molecule has 96 valence electrons. The topological polar surface area (TPSA) is 50.9 Å². The van der Waals surface area contributed by atoms with Crippen molar-refractivity contribution in [1.29, 1.82) is 0 Å². The van der Waals surface area contributed by atoms with Crippen molar-refractivity contribution in [3.8, 4) is 5.88 Å². The molecule has 0 unspecified atom stereocenters. The van der Waals surface area contributed by atoms with Crippen molar-refractivity contribution in [2.24, 2.45) is 0 Å². The van der Waals surface area contributed by atoms with E-state index in [4.69, 9.17) is 0 Å². The number of imidazole rings is 1. The summed E-state index contributed by atoms with van der Waals surface area (Å²) >= 11 is 0. The van der Waals surface area contributed by atoms with Crippen molar-refractivity contribution in [2.45, 2.75) is 51.0 Å². The molecule has 0 spiro atoms. The van der Waals surface area contributed by atoms with Gasteiger partial charge in [-0.15, -0.1) is 0 Å². The van der Waals surface area contributed by atoms with Crippen molar-refractivity contribution in [3.63, 3.8) is 0 Å². The van der Waals surface area contributed by atoms with Crippen molar-refractivity contribution >= 4 is 11.2 Å². The number of rotatable bonds is 1. The van der Waals surface area contributed by atoms with Crippen molar-refractivity contribution in [3.05, 3.63) is 18.5 Å². The zero-order valence-corrected chi connectivity index (χ0v) is 10.5. The van der Waals surface area contributed by atoms with E-state index in [-0.39, 0.29) is 5.88 Å². The number of aromatic hydroxyl groups is 1. The number of nitrogens with zero attached hydrogens (tertiary/aromatic N) is 3. The van der Waals surface area contributed by atoms with Gasteiger partial charge in [-0.25, -0.2) is 4.98 Å². The second kappa shape index (κ2) is 4.96. The lowest BCUT2D eigenvalue weighted by atomic mass is 9.96. The van der Waals surface area contributed by atoms with Gasteiger partial charge in [-0.1, -0.05) is 32.1 Å². The molecule has 1 aliphatic rings. The van der Waals surface area contributed by atoms with Crippen LogP contribution in [0.5, 0.6) is 5.88 Å². The average Bonchev–Trinajstić information content (AvgIpc) is 2.72. The van der Waals surface area contributed by atoms with Crippen molar-refractivity contribution in [1.82, 2.24) is 14.5 Å². The van der Waals surface area contributed by atoms with E-state index in [0.29, 0.717) is 6.04 Å². The van der Waals surface area contributed by atoms with Crippen LogP contribution in [0.25, 0.3) is 11.2 Å². The number of hydrogen-bond donors (Lipinski definition) is 1. The van der Waals surface area contributed by atoms with E-state index in [9.17, 15) is 5.11 Å². The van der Waals surface area contributed by atoms with E-state index < -0.39 is 0 Å². The van der Waals surface area contributed by atoms with Gasteiger partial charge in [0.05, 0.1) is 6.33 Å². The predicted molar refractivity (Wildman–Crippen MR) is 70.5 cm³/mol. The van der Waals surface area contributed by atoms with Gasteiger partial charge in [-0.05, 0) is 18.9 Å². The third-order valence-corrected chi connectivity index (χ3v) is 3.87. The molecule has 2 heterocycles. The molecule has 0 radical (unpaired) electrons. The fourth-order valence-electron chi connectivity index (χ4n) is 2.88. The molecular formula is C14H19N3O. The number of fused-ring (bicyclic) bond motifs is 1. The molecule has 0 aromatic carbocycles. The Morgan fingerprint density at radius 3 is 2.56 bits per heavy atom. The van der Waals surface area contributed by atoms with E-state index in [1.54, 1.807) is 6.07 Å². The van der Waals surface area contributed by atoms with E-state index in [0.717, 1.165) is 11.2 Å². The minimum atomic E-state index is 0.0788. The third kappa shape index (κ3) is 2.19. The molecule has 1 N–H and O–H groups in total. The molecule has 1 saturated carbocycles. The first-order valence-electron chi connectivity index (χ1n) is 6.87. The summed E-state index contributed by atoms with van der Waals surface area (Å²) in [6.45, 7) is 0. The zero-order chi connectivity index (χ0) is 12.4. The Morgan fingerprint density at radius 1 is 1.06 bits per heavy atom. The van der Waals surface area contributed by atoms with Crippen LogP contribution in [-0.2, 0) is 0 Å². The van der Waals surface area contributed by atoms with E-state index in [1.807, 2.05) is 12.4 Å². The van der Waals surface area contributed by atoms with Crippen LogP contribution in [0.2, 0.25) is 0 Å². The monoisotopic (exact) mass is 245 g/mol. The molecule has 1 fully saturated rings. The van der Waals surface area contributed by atoms with Crippen LogP contribution in [0.3, 0.4) is 0 Å². The molecule has 3 rings (SSSR count). The Labute approximate surface area is 107 Å². The summed E-state index contributed by atoms with van der Waals surface area (Å²) in [5, 5.41) is 9.52. The van der Waals surface area contributed by atoms with E-state index in [2.05, 4.69) is 14.5 Å². The summed E-state index contributed by atoms with van der Waals surface area (Å²) in [6, 6.07) is 3.92. The van der Waals surface area contributed by atoms with Gasteiger partial charge in [0.15, 0.2) is 5.65 Å². The summed E-state index contributed by atoms with van der Waals surface area (Å²) in [6.07, 6.45) is 10.9. The fourth-order valence-corrected chi connectivity index (χ4v) is 2.88. The Hall–Kier alpha value is -1.58. The standard InChI is InChI=1S/C14H19N3O/c18-13-9-8-12-14(16-13)17(10-15-12)11-6-4-2-1-3-5-7-11/h8-11H,1-7H2,(H,16,18). The largest absolute Gasteiger partial charge is 0.493 e. The normalized spacial score (nSPS) is 18.7. The maximum Gasteiger partial charge on any atom is 0.212 e. The maximum atomic E-state index is 9.52. The first-order chi connectivity index (χ1) is 8.84. The second-order valence-corrected chi connectivity index (χ2v) is 5.16. The lowest BCUT2D eigenvalue weighted by Gasteiger charge is -2.21. The highest BCUT2D eigenvalue weighted by atomic mass is 16.3. The number of hydrogen-bond acceptors (Lipinski definition) is 3. The fraction of sp³-hybridized carbons (Fsp3) is 0.571. The summed E-state index contributed by atoms with van der Waals surface area (Å²) in [5.74, 6) is 0.0788. The second-order valence-electron chi connectivity index (χ2n) is 5.16. The van der Waals surface area contributed by atoms with Crippen molar-refractivity contribution in [2.75, 3.05) is 0 Å². The molecule has 4 nitrogen and oxygen atoms in total. The maximum absolute atomic E-state index is 9.52. The average molecular weight is 245 g/mol. The third-order valence-electron chi connectivity index (χ3n) is 3.87. The Morgan fingerprint density at radius 2 is 1.78 bits per heavy atom. The minimum Gasteiger partial charge on any atom is -0.493 e. The van der Waals surface area contributed by atoms with Gasteiger partial charge in [-0.3, -0.25) is 0 Å². The summed E-state index contributed by atoms with van der Waals surface area (Å²) in [4.78, 5) is 8.60. The highest BCUT2D eigenvalue weighted by Crippen LogP contribution is 2.29. The van der Waals surface area contributed by atoms with Gasteiger partial charge < -0.3 is 9.67 Å². The van der Waals surface area contributed by atoms with Crippen LogP contribution < -0.4 is 0 Å². The quantitative estimate of drug-likeness (QED) is 0.837. The van der Waals surface area contributed by atoms with Gasteiger partial charge in [0.1, 0.15) is 5.52 Å². The van der Waals surface area contributed by atoms with Crippen LogP contribution >= 0.6 is 0 Å². The summed E-state index contributed by atoms with van der Waals surface area (Å²) in [5.41, 5.74) is 1.69. The summed E-state index contributed by atoms with van der Waals surface area (Å²) in [7, 11) is 0. The Balaban J connectivity index is 1.94. The zero-order valence-electron chi connectivity index (χ0n) is 10.5. The van der Waals surface area contributed by atoms with E-state index in [1.165, 1.54) is 44.9 Å². The van der Waals surface area contributed by atoms with Crippen LogP contribution in [0.1, 0.15) is 51.0 Å². The minimum absolute atomic E-state index is 0.0788. The molecule has 2 aromatic heterocycles. The lowest BCUT2D eigenvalue weighted by Crippen LogP contribution is -2.10. The molecule has 1 aliphatic carbocycles. The molecule has 0 saturated heterocycles. The highest BCUT2D eigenvalue weighted by Gasteiger charge is 2.16. The predicted octanol–water partition coefficient (Wildman–Crippen LogP) is 3.42. The van der Waals surface area contributed by atoms with Crippen molar-refractivity contribution < 1.29 is 5.11 Å². The Bertz CT molecular complexity index is 527. The van der Waals surface area contributed by atoms with Gasteiger partial charge in [0.25, 0.3) is 0 Å². The Kier molecular flexibility index (Phi) is 3.17. The number of aromatic nitrogens is 3. The van der Waals surface area contributed by atoms with E-state index >= 15 is 0 Å². The SMILES string of the molecule is Oc1ccc2ncn(C3CCCCCCC3)c2n1. The smallest absolute Gasteiger partial charge is 0.212 e. The lowest BCUT2D eigenvalue weighted by molar-refractivity contribution is 0.376. The molecule has 2 aromatic rings. The molecule has 4 heteroatoms. The van der Waals surface area contributed by atoms with Gasteiger partial charge in [0.2, 0.25) is 5.88 Å². The van der Waals surface area contributed by atoms with Gasteiger partial charge in [0, 0.05) is 12.1 Å². The number of pyridine rings is 1. The molecule has 18 heavy (non-hydrogen) atoms. The highest BCUT2D eigenvalue weighted by molar-refractivity contribution is 5.71. The van der Waals surface area contributed by atoms with Crippen LogP contribution in [0, 0.1) is 0 Å². The molecule has 0 amide bonds. The van der Waals surface area contributed by atoms with Crippen LogP contribution in [0.4, 0.5) is 0 Å². The van der Waals surface area contributed by atoms with Crippen LogP contribution in [0.15, 0.2) is 18.5 Å². The van der Waals surface area contributed by atoms with Gasteiger partial charge in [-0.2, -0.15) is 4.98 Å².